The molecule has 1 saturated carbocycles. The van der Waals surface area contributed by atoms with E-state index in [1.54, 1.807) is 0 Å². The minimum absolute atomic E-state index is 0.101. The third-order valence-electron chi connectivity index (χ3n) is 7.56. The highest BCUT2D eigenvalue weighted by molar-refractivity contribution is 5.94. The molecule has 2 fully saturated rings. The van der Waals surface area contributed by atoms with E-state index < -0.39 is 0 Å². The number of nitrogens with zero attached hydrogens (tertiary/aromatic N) is 2. The van der Waals surface area contributed by atoms with Gasteiger partial charge in [0.25, 0.3) is 5.91 Å². The Morgan fingerprint density at radius 3 is 2.34 bits per heavy atom. The van der Waals surface area contributed by atoms with Crippen molar-refractivity contribution in [2.24, 2.45) is 0 Å². The molecule has 0 spiro atoms. The van der Waals surface area contributed by atoms with E-state index >= 15 is 0 Å². The predicted molar refractivity (Wildman–Crippen MR) is 125 cm³/mol. The van der Waals surface area contributed by atoms with Gasteiger partial charge in [-0.3, -0.25) is 9.69 Å². The van der Waals surface area contributed by atoms with E-state index in [9.17, 15) is 4.79 Å². The van der Waals surface area contributed by atoms with Crippen LogP contribution in [0.2, 0.25) is 0 Å². The largest absolute Gasteiger partial charge is 0.463 e. The second kappa shape index (κ2) is 7.93. The van der Waals surface area contributed by atoms with E-state index in [4.69, 9.17) is 4.42 Å². The smallest absolute Gasteiger partial charge is 0.254 e. The normalized spacial score (nSPS) is 19.7. The second-order valence-corrected chi connectivity index (χ2v) is 9.65. The molecule has 1 saturated heterocycles. The molecule has 0 radical (unpaired) electrons. The lowest BCUT2D eigenvalue weighted by Gasteiger charge is -2.26. The SMILES string of the molecule is O=C(c1ccc(C2(c3ccccc3)CC2)cc1)N1CCc2cc(CN3CCCC3)oc2C1. The van der Waals surface area contributed by atoms with Gasteiger partial charge < -0.3 is 9.32 Å². The number of rotatable bonds is 5. The zero-order valence-electron chi connectivity index (χ0n) is 18.6. The summed E-state index contributed by atoms with van der Waals surface area (Å²) in [7, 11) is 0. The number of fused-ring (bicyclic) bond motifs is 1. The average Bonchev–Trinajstić information content (AvgIpc) is 3.30. The number of furan rings is 1. The Morgan fingerprint density at radius 2 is 1.62 bits per heavy atom. The molecule has 3 aliphatic rings. The lowest BCUT2D eigenvalue weighted by molar-refractivity contribution is 0.0718. The van der Waals surface area contributed by atoms with E-state index in [0.717, 1.165) is 49.7 Å². The van der Waals surface area contributed by atoms with E-state index in [0.29, 0.717) is 6.54 Å². The molecule has 1 aliphatic carbocycles. The van der Waals surface area contributed by atoms with Gasteiger partial charge in [0.15, 0.2) is 0 Å². The summed E-state index contributed by atoms with van der Waals surface area (Å²) in [4.78, 5) is 17.6. The van der Waals surface area contributed by atoms with E-state index in [1.165, 1.54) is 42.4 Å². The number of carbonyl (C=O) groups excluding carboxylic acids is 1. The number of hydrogen-bond donors (Lipinski definition) is 0. The maximum atomic E-state index is 13.2. The van der Waals surface area contributed by atoms with Crippen LogP contribution in [0.5, 0.6) is 0 Å². The van der Waals surface area contributed by atoms with Crippen molar-refractivity contribution in [1.82, 2.24) is 9.80 Å². The highest BCUT2D eigenvalue weighted by atomic mass is 16.3. The Kier molecular flexibility index (Phi) is 4.91. The second-order valence-electron chi connectivity index (χ2n) is 9.65. The molecule has 0 bridgehead atoms. The van der Waals surface area contributed by atoms with Crippen LogP contribution in [0.25, 0.3) is 0 Å². The molecule has 1 aromatic heterocycles. The van der Waals surface area contributed by atoms with Gasteiger partial charge in [0.2, 0.25) is 0 Å². The summed E-state index contributed by atoms with van der Waals surface area (Å²) >= 11 is 0. The minimum atomic E-state index is 0.101. The van der Waals surface area contributed by atoms with Crippen LogP contribution in [0.3, 0.4) is 0 Å². The summed E-state index contributed by atoms with van der Waals surface area (Å²) < 4.78 is 6.17. The summed E-state index contributed by atoms with van der Waals surface area (Å²) in [6.07, 6.45) is 5.80. The Hall–Kier alpha value is -2.85. The average molecular weight is 427 g/mol. The van der Waals surface area contributed by atoms with Crippen molar-refractivity contribution in [2.45, 2.75) is 50.6 Å². The molecule has 4 nitrogen and oxygen atoms in total. The topological polar surface area (TPSA) is 36.7 Å². The molecule has 2 aromatic carbocycles. The summed E-state index contributed by atoms with van der Waals surface area (Å²) in [5, 5.41) is 0. The Labute approximate surface area is 189 Å². The third kappa shape index (κ3) is 3.57. The van der Waals surface area contributed by atoms with Gasteiger partial charge in [0.05, 0.1) is 13.1 Å². The molecule has 1 amide bonds. The molecular formula is C28H30N2O2. The van der Waals surface area contributed by atoms with E-state index in [-0.39, 0.29) is 11.3 Å². The molecule has 3 heterocycles. The third-order valence-corrected chi connectivity index (χ3v) is 7.56. The summed E-state index contributed by atoms with van der Waals surface area (Å²) in [5.41, 5.74) is 4.88. The molecule has 0 atom stereocenters. The number of carbonyl (C=O) groups is 1. The van der Waals surface area contributed by atoms with Crippen molar-refractivity contribution in [1.29, 1.82) is 0 Å². The van der Waals surface area contributed by atoms with Gasteiger partial charge in [0, 0.05) is 17.5 Å². The van der Waals surface area contributed by atoms with Crippen LogP contribution in [0.15, 0.2) is 65.1 Å². The zero-order chi connectivity index (χ0) is 21.5. The molecule has 2 aliphatic heterocycles. The molecule has 0 unspecified atom stereocenters. The highest BCUT2D eigenvalue weighted by Crippen LogP contribution is 2.53. The maximum absolute atomic E-state index is 13.2. The van der Waals surface area contributed by atoms with Crippen LogP contribution in [-0.2, 0) is 24.9 Å². The van der Waals surface area contributed by atoms with Gasteiger partial charge in [-0.05, 0) is 80.1 Å². The minimum Gasteiger partial charge on any atom is -0.463 e. The molecule has 164 valence electrons. The first kappa shape index (κ1) is 19.8. The van der Waals surface area contributed by atoms with Crippen LogP contribution in [0.4, 0.5) is 0 Å². The van der Waals surface area contributed by atoms with Crippen molar-refractivity contribution in [3.63, 3.8) is 0 Å². The summed E-state index contributed by atoms with van der Waals surface area (Å²) in [6.45, 7) is 4.55. The Morgan fingerprint density at radius 1 is 0.906 bits per heavy atom. The van der Waals surface area contributed by atoms with E-state index in [2.05, 4.69) is 53.4 Å². The Bertz CT molecular complexity index is 1110. The van der Waals surface area contributed by atoms with Gasteiger partial charge in [-0.2, -0.15) is 0 Å². The highest BCUT2D eigenvalue weighted by Gasteiger charge is 2.45. The molecule has 3 aromatic rings. The Balaban J connectivity index is 1.15. The first-order chi connectivity index (χ1) is 15.7. The predicted octanol–water partition coefficient (Wildman–Crippen LogP) is 5.15. The maximum Gasteiger partial charge on any atom is 0.254 e. The standard InChI is InChI=1S/C28H30N2O2/c31-27(21-8-10-24(11-9-21)28(13-14-28)23-6-2-1-3-7-23)30-17-12-22-18-25(32-26(22)20-30)19-29-15-4-5-16-29/h1-3,6-11,18H,4-5,12-17,19-20H2. The van der Waals surface area contributed by atoms with E-state index in [1.807, 2.05) is 17.0 Å². The lowest BCUT2D eigenvalue weighted by atomic mass is 9.87. The number of amides is 1. The summed E-state index contributed by atoms with van der Waals surface area (Å²) in [5.74, 6) is 2.12. The quantitative estimate of drug-likeness (QED) is 0.566. The van der Waals surface area contributed by atoms with Crippen molar-refractivity contribution < 1.29 is 9.21 Å². The molecule has 0 N–H and O–H groups in total. The lowest BCUT2D eigenvalue weighted by Crippen LogP contribution is -2.35. The summed E-state index contributed by atoms with van der Waals surface area (Å²) in [6, 6.07) is 21.3. The van der Waals surface area contributed by atoms with Crippen molar-refractivity contribution in [2.75, 3.05) is 19.6 Å². The number of likely N-dealkylation sites (tertiary alicyclic amines) is 1. The van der Waals surface area contributed by atoms with Crippen molar-refractivity contribution in [3.8, 4) is 0 Å². The van der Waals surface area contributed by atoms with Crippen LogP contribution >= 0.6 is 0 Å². The van der Waals surface area contributed by atoms with Crippen LogP contribution in [-0.4, -0.2) is 35.3 Å². The van der Waals surface area contributed by atoms with Gasteiger partial charge >= 0.3 is 0 Å². The first-order valence-corrected chi connectivity index (χ1v) is 12.0. The van der Waals surface area contributed by atoms with Gasteiger partial charge in [-0.1, -0.05) is 42.5 Å². The fourth-order valence-corrected chi connectivity index (χ4v) is 5.53. The molecule has 32 heavy (non-hydrogen) atoms. The van der Waals surface area contributed by atoms with Gasteiger partial charge in [0.1, 0.15) is 11.5 Å². The first-order valence-electron chi connectivity index (χ1n) is 12.0. The van der Waals surface area contributed by atoms with Crippen molar-refractivity contribution >= 4 is 5.91 Å². The van der Waals surface area contributed by atoms with Gasteiger partial charge in [-0.25, -0.2) is 0 Å². The zero-order valence-corrected chi connectivity index (χ0v) is 18.6. The van der Waals surface area contributed by atoms with Crippen LogP contribution in [0.1, 0.15) is 64.3 Å². The molecular weight excluding hydrogens is 396 g/mol. The van der Waals surface area contributed by atoms with Gasteiger partial charge in [-0.15, -0.1) is 0 Å². The fourth-order valence-electron chi connectivity index (χ4n) is 5.53. The monoisotopic (exact) mass is 426 g/mol. The van der Waals surface area contributed by atoms with Crippen molar-refractivity contribution in [3.05, 3.63) is 94.4 Å². The number of benzene rings is 2. The number of hydrogen-bond acceptors (Lipinski definition) is 3. The van der Waals surface area contributed by atoms with Crippen LogP contribution in [0, 0.1) is 0 Å². The fraction of sp³-hybridized carbons (Fsp3) is 0.393. The molecule has 6 rings (SSSR count). The van der Waals surface area contributed by atoms with Crippen LogP contribution < -0.4 is 0 Å². The molecule has 4 heteroatoms.